The van der Waals surface area contributed by atoms with Crippen LogP contribution in [0.25, 0.3) is 0 Å². The van der Waals surface area contributed by atoms with E-state index in [-0.39, 0.29) is 17.4 Å². The van der Waals surface area contributed by atoms with Crippen molar-refractivity contribution in [3.05, 3.63) is 65.5 Å². The number of hydrogen-bond acceptors (Lipinski definition) is 7. The van der Waals surface area contributed by atoms with Crippen molar-refractivity contribution in [3.8, 4) is 5.75 Å². The number of benzene rings is 2. The van der Waals surface area contributed by atoms with E-state index in [4.69, 9.17) is 4.74 Å². The fourth-order valence-corrected chi connectivity index (χ4v) is 4.24. The second-order valence-electron chi connectivity index (χ2n) is 5.86. The minimum Gasteiger partial charge on any atom is -0.497 e. The Morgan fingerprint density at radius 2 is 1.93 bits per heavy atom. The Bertz CT molecular complexity index is 1030. The highest BCUT2D eigenvalue weighted by atomic mass is 32.2. The van der Waals surface area contributed by atoms with E-state index in [9.17, 15) is 9.18 Å². The normalized spacial score (nSPS) is 13.0. The van der Waals surface area contributed by atoms with Crippen LogP contribution in [0.15, 0.2) is 63.9 Å². The number of aromatic nitrogens is 3. The summed E-state index contributed by atoms with van der Waals surface area (Å²) in [4.78, 5) is 12.3. The summed E-state index contributed by atoms with van der Waals surface area (Å²) in [6, 6.07) is 13.2. The Hall–Kier alpha value is -2.65. The lowest BCUT2D eigenvalue weighted by Crippen LogP contribution is -2.14. The molecule has 0 spiro atoms. The molecule has 6 nitrogen and oxygen atoms in total. The Kier molecular flexibility index (Phi) is 5.45. The van der Waals surface area contributed by atoms with Gasteiger partial charge in [-0.3, -0.25) is 4.79 Å². The molecule has 2 heterocycles. The van der Waals surface area contributed by atoms with Crippen LogP contribution in [0.3, 0.4) is 0 Å². The van der Waals surface area contributed by atoms with Gasteiger partial charge in [0.25, 0.3) is 0 Å². The van der Waals surface area contributed by atoms with E-state index in [2.05, 4.69) is 15.3 Å². The monoisotopic (exact) mass is 414 g/mol. The van der Waals surface area contributed by atoms with E-state index >= 15 is 0 Å². The van der Waals surface area contributed by atoms with Crippen molar-refractivity contribution in [2.75, 3.05) is 18.6 Å². The number of rotatable bonds is 6. The third-order valence-electron chi connectivity index (χ3n) is 4.06. The van der Waals surface area contributed by atoms with Gasteiger partial charge < -0.3 is 4.74 Å². The highest BCUT2D eigenvalue weighted by Gasteiger charge is 2.21. The molecule has 1 aliphatic rings. The maximum Gasteiger partial charge on any atom is 0.213 e. The largest absolute Gasteiger partial charge is 0.497 e. The molecule has 2 aromatic carbocycles. The molecule has 4 rings (SSSR count). The van der Waals surface area contributed by atoms with Gasteiger partial charge in [0.1, 0.15) is 11.6 Å². The molecule has 0 saturated carbocycles. The zero-order valence-electron chi connectivity index (χ0n) is 14.8. The molecule has 0 atom stereocenters. The Morgan fingerprint density at radius 3 is 2.64 bits per heavy atom. The van der Waals surface area contributed by atoms with Crippen LogP contribution < -0.4 is 4.74 Å². The second kappa shape index (κ2) is 8.15. The standard InChI is InChI=1S/C19H15FN4O2S2/c1-26-15-8-4-12(5-9-15)16-10-27-18-21-22-19(24(18)23-16)28-11-17(25)13-2-6-14(20)7-3-13/h2-9H,10-11H2,1H3. The number of Topliss-reactive ketones (excluding diaryl/α,β-unsaturated/α-hetero) is 1. The minimum absolute atomic E-state index is 0.106. The highest BCUT2D eigenvalue weighted by molar-refractivity contribution is 8.00. The number of thioether (sulfide) groups is 2. The van der Waals surface area contributed by atoms with Crippen LogP contribution in [-0.4, -0.2) is 45.0 Å². The van der Waals surface area contributed by atoms with Crippen LogP contribution in [0, 0.1) is 5.82 Å². The average molecular weight is 414 g/mol. The van der Waals surface area contributed by atoms with Gasteiger partial charge in [-0.25, -0.2) is 4.39 Å². The molecule has 0 unspecified atom stereocenters. The summed E-state index contributed by atoms with van der Waals surface area (Å²) in [5.74, 6) is 1.16. The Labute approximate surface area is 169 Å². The molecule has 142 valence electrons. The summed E-state index contributed by atoms with van der Waals surface area (Å²) in [5.41, 5.74) is 2.35. The number of fused-ring (bicyclic) bond motifs is 1. The topological polar surface area (TPSA) is 69.4 Å². The predicted molar refractivity (Wildman–Crippen MR) is 107 cm³/mol. The van der Waals surface area contributed by atoms with Gasteiger partial charge >= 0.3 is 0 Å². The van der Waals surface area contributed by atoms with Crippen LogP contribution in [-0.2, 0) is 0 Å². The van der Waals surface area contributed by atoms with Crippen molar-refractivity contribution >= 4 is 35.0 Å². The van der Waals surface area contributed by atoms with Gasteiger partial charge in [-0.2, -0.15) is 9.78 Å². The zero-order chi connectivity index (χ0) is 19.5. The van der Waals surface area contributed by atoms with E-state index < -0.39 is 0 Å². The second-order valence-corrected chi connectivity index (χ2v) is 7.74. The molecular weight excluding hydrogens is 399 g/mol. The highest BCUT2D eigenvalue weighted by Crippen LogP contribution is 2.28. The first-order valence-corrected chi connectivity index (χ1v) is 10.3. The molecule has 0 amide bonds. The lowest BCUT2D eigenvalue weighted by molar-refractivity contribution is 0.102. The molecule has 9 heteroatoms. The van der Waals surface area contributed by atoms with E-state index in [0.717, 1.165) is 17.0 Å². The third kappa shape index (κ3) is 3.95. The van der Waals surface area contributed by atoms with Crippen LogP contribution in [0.4, 0.5) is 4.39 Å². The molecule has 1 aromatic heterocycles. The summed E-state index contributed by atoms with van der Waals surface area (Å²) in [6.45, 7) is 0. The molecule has 3 aromatic rings. The van der Waals surface area contributed by atoms with Gasteiger partial charge in [0.2, 0.25) is 10.3 Å². The summed E-state index contributed by atoms with van der Waals surface area (Å²) in [7, 11) is 1.63. The van der Waals surface area contributed by atoms with Crippen LogP contribution in [0.1, 0.15) is 15.9 Å². The van der Waals surface area contributed by atoms with Crippen molar-refractivity contribution in [2.45, 2.75) is 10.3 Å². The van der Waals surface area contributed by atoms with E-state index in [1.165, 1.54) is 36.0 Å². The smallest absolute Gasteiger partial charge is 0.213 e. The molecule has 0 N–H and O–H groups in total. The minimum atomic E-state index is -0.367. The maximum atomic E-state index is 13.0. The lowest BCUT2D eigenvalue weighted by atomic mass is 10.1. The first kappa shape index (κ1) is 18.7. The van der Waals surface area contributed by atoms with Gasteiger partial charge in [0.15, 0.2) is 5.78 Å². The number of methoxy groups -OCH3 is 1. The van der Waals surface area contributed by atoms with Crippen LogP contribution in [0.2, 0.25) is 0 Å². The number of carbonyl (C=O) groups excluding carboxylic acids is 1. The summed E-state index contributed by atoms with van der Waals surface area (Å²) in [5, 5.41) is 14.2. The number of carbonyl (C=O) groups is 1. The van der Waals surface area contributed by atoms with E-state index in [1.54, 1.807) is 23.5 Å². The number of nitrogens with zero attached hydrogens (tertiary/aromatic N) is 4. The fourth-order valence-electron chi connectivity index (χ4n) is 2.57. The number of hydrogen-bond donors (Lipinski definition) is 0. The number of ketones is 1. The molecule has 0 aliphatic carbocycles. The van der Waals surface area contributed by atoms with Gasteiger partial charge in [-0.05, 0) is 54.1 Å². The van der Waals surface area contributed by atoms with Crippen molar-refractivity contribution in [1.82, 2.24) is 14.9 Å². The van der Waals surface area contributed by atoms with E-state index in [0.29, 0.717) is 21.6 Å². The third-order valence-corrected chi connectivity index (χ3v) is 5.91. The number of ether oxygens (including phenoxy) is 1. The predicted octanol–water partition coefficient (Wildman–Crippen LogP) is 3.76. The molecule has 0 bridgehead atoms. The van der Waals surface area contributed by atoms with Crippen molar-refractivity contribution < 1.29 is 13.9 Å². The molecule has 0 fully saturated rings. The lowest BCUT2D eigenvalue weighted by Gasteiger charge is -2.13. The van der Waals surface area contributed by atoms with Crippen molar-refractivity contribution in [1.29, 1.82) is 0 Å². The molecular formula is C19H15FN4O2S2. The van der Waals surface area contributed by atoms with Gasteiger partial charge in [0.05, 0.1) is 18.6 Å². The van der Waals surface area contributed by atoms with Gasteiger partial charge in [-0.1, -0.05) is 23.5 Å². The quantitative estimate of drug-likeness (QED) is 0.452. The Balaban J connectivity index is 1.51. The van der Waals surface area contributed by atoms with Crippen molar-refractivity contribution in [3.63, 3.8) is 0 Å². The average Bonchev–Trinajstić information content (AvgIpc) is 3.15. The molecule has 1 aliphatic heterocycles. The molecule has 28 heavy (non-hydrogen) atoms. The Morgan fingerprint density at radius 1 is 1.18 bits per heavy atom. The molecule has 0 radical (unpaired) electrons. The number of halogens is 1. The summed E-state index contributed by atoms with van der Waals surface area (Å²) < 4.78 is 19.9. The zero-order valence-corrected chi connectivity index (χ0v) is 16.5. The van der Waals surface area contributed by atoms with Crippen LogP contribution in [0.5, 0.6) is 5.75 Å². The first-order valence-electron chi connectivity index (χ1n) is 8.36. The van der Waals surface area contributed by atoms with Gasteiger partial charge in [0, 0.05) is 11.3 Å². The SMILES string of the molecule is COc1ccc(C2=Nn3c(SCC(=O)c4ccc(F)cc4)nnc3SC2)cc1. The van der Waals surface area contributed by atoms with Crippen LogP contribution >= 0.6 is 23.5 Å². The first-order chi connectivity index (χ1) is 13.6. The molecule has 0 saturated heterocycles. The van der Waals surface area contributed by atoms with Crippen molar-refractivity contribution in [2.24, 2.45) is 5.10 Å². The fraction of sp³-hybridized carbons (Fsp3) is 0.158. The summed E-state index contributed by atoms with van der Waals surface area (Å²) >= 11 is 2.80. The summed E-state index contributed by atoms with van der Waals surface area (Å²) in [6.07, 6.45) is 0. The van der Waals surface area contributed by atoms with E-state index in [1.807, 2.05) is 24.3 Å². The van der Waals surface area contributed by atoms with Gasteiger partial charge in [-0.15, -0.1) is 10.2 Å². The maximum absolute atomic E-state index is 13.0.